The summed E-state index contributed by atoms with van der Waals surface area (Å²) in [7, 11) is 0. The van der Waals surface area contributed by atoms with E-state index < -0.39 is 0 Å². The first kappa shape index (κ1) is 13.7. The van der Waals surface area contributed by atoms with Gasteiger partial charge in [0.1, 0.15) is 0 Å². The molecule has 0 aliphatic rings. The molecule has 0 unspecified atom stereocenters. The number of amidine groups is 1. The summed E-state index contributed by atoms with van der Waals surface area (Å²) in [4.78, 5) is 4.27. The summed E-state index contributed by atoms with van der Waals surface area (Å²) in [5.41, 5.74) is 8.14. The highest BCUT2D eigenvalue weighted by Crippen LogP contribution is 2.07. The first-order valence-corrected chi connectivity index (χ1v) is 5.57. The van der Waals surface area contributed by atoms with E-state index in [0.29, 0.717) is 6.54 Å². The minimum Gasteiger partial charge on any atom is -0.387 e. The van der Waals surface area contributed by atoms with Gasteiger partial charge in [0, 0.05) is 6.42 Å². The number of hydrogen-bond acceptors (Lipinski definition) is 1. The molecule has 0 radical (unpaired) electrons. The second-order valence-electron chi connectivity index (χ2n) is 3.09. The van der Waals surface area contributed by atoms with Crippen LogP contribution in [0.2, 0.25) is 0 Å². The highest BCUT2D eigenvalue weighted by molar-refractivity contribution is 5.79. The molecule has 1 aromatic rings. The molecule has 0 aliphatic carbocycles. The van der Waals surface area contributed by atoms with Crippen molar-refractivity contribution in [2.24, 2.45) is 10.7 Å². The standard InChI is InChI=1S/C11H16N2.C2H6/c1-3-11(12)13-8-10-7-5-4-6-9(10)2;1-2/h4-7H,3,8H2,1-2H3,(H2,12,13);1-2H3. The Morgan fingerprint density at radius 1 is 1.27 bits per heavy atom. The van der Waals surface area contributed by atoms with Gasteiger partial charge in [-0.1, -0.05) is 45.0 Å². The molecule has 2 heteroatoms. The van der Waals surface area contributed by atoms with Crippen molar-refractivity contribution in [3.63, 3.8) is 0 Å². The summed E-state index contributed by atoms with van der Waals surface area (Å²) in [6.07, 6.45) is 0.825. The van der Waals surface area contributed by atoms with Gasteiger partial charge in [-0.2, -0.15) is 0 Å². The van der Waals surface area contributed by atoms with Crippen molar-refractivity contribution in [3.05, 3.63) is 35.4 Å². The highest BCUT2D eigenvalue weighted by Gasteiger charge is 1.94. The normalized spacial score (nSPS) is 10.5. The minimum absolute atomic E-state index is 0.701. The van der Waals surface area contributed by atoms with E-state index in [9.17, 15) is 0 Å². The maximum atomic E-state index is 5.62. The third-order valence-corrected chi connectivity index (χ3v) is 2.08. The highest BCUT2D eigenvalue weighted by atomic mass is 14.8. The third kappa shape index (κ3) is 5.21. The van der Waals surface area contributed by atoms with Crippen molar-refractivity contribution in [2.75, 3.05) is 0 Å². The van der Waals surface area contributed by atoms with E-state index in [-0.39, 0.29) is 0 Å². The maximum Gasteiger partial charge on any atom is 0.0938 e. The van der Waals surface area contributed by atoms with Crippen LogP contribution >= 0.6 is 0 Å². The van der Waals surface area contributed by atoms with Gasteiger partial charge >= 0.3 is 0 Å². The number of rotatable bonds is 3. The van der Waals surface area contributed by atoms with Crippen molar-refractivity contribution in [1.82, 2.24) is 0 Å². The number of aryl methyl sites for hydroxylation is 1. The molecule has 1 rings (SSSR count). The average Bonchev–Trinajstić information content (AvgIpc) is 2.30. The van der Waals surface area contributed by atoms with Crippen LogP contribution in [0, 0.1) is 6.92 Å². The molecule has 0 heterocycles. The Morgan fingerprint density at radius 3 is 2.40 bits per heavy atom. The molecule has 1 aromatic carbocycles. The largest absolute Gasteiger partial charge is 0.387 e. The van der Waals surface area contributed by atoms with Crippen LogP contribution in [0.15, 0.2) is 29.3 Å². The lowest BCUT2D eigenvalue weighted by Gasteiger charge is -2.01. The van der Waals surface area contributed by atoms with E-state index in [0.717, 1.165) is 12.3 Å². The van der Waals surface area contributed by atoms with Gasteiger partial charge in [-0.3, -0.25) is 4.99 Å². The van der Waals surface area contributed by atoms with E-state index in [4.69, 9.17) is 5.73 Å². The van der Waals surface area contributed by atoms with Gasteiger partial charge in [0.2, 0.25) is 0 Å². The summed E-state index contributed by atoms with van der Waals surface area (Å²) in [6, 6.07) is 8.24. The molecule has 0 saturated carbocycles. The molecular formula is C13H22N2. The van der Waals surface area contributed by atoms with E-state index >= 15 is 0 Å². The Bertz CT molecular complexity index is 303. The summed E-state index contributed by atoms with van der Waals surface area (Å²) in [5, 5.41) is 0. The number of aliphatic imine (C=N–C) groups is 1. The monoisotopic (exact) mass is 206 g/mol. The quantitative estimate of drug-likeness (QED) is 0.598. The summed E-state index contributed by atoms with van der Waals surface area (Å²) >= 11 is 0. The van der Waals surface area contributed by atoms with Crippen molar-refractivity contribution in [1.29, 1.82) is 0 Å². The number of benzene rings is 1. The Morgan fingerprint density at radius 2 is 1.87 bits per heavy atom. The van der Waals surface area contributed by atoms with E-state index in [2.05, 4.69) is 24.0 Å². The lowest BCUT2D eigenvalue weighted by atomic mass is 10.1. The van der Waals surface area contributed by atoms with Gasteiger partial charge in [-0.05, 0) is 18.1 Å². The first-order chi connectivity index (χ1) is 7.24. The van der Waals surface area contributed by atoms with Crippen LogP contribution in [0.25, 0.3) is 0 Å². The predicted molar refractivity (Wildman–Crippen MR) is 68.1 cm³/mol. The molecule has 84 valence electrons. The third-order valence-electron chi connectivity index (χ3n) is 2.08. The van der Waals surface area contributed by atoms with Crippen LogP contribution in [-0.2, 0) is 6.54 Å². The zero-order valence-corrected chi connectivity index (χ0v) is 10.2. The van der Waals surface area contributed by atoms with Gasteiger partial charge in [-0.25, -0.2) is 0 Å². The van der Waals surface area contributed by atoms with Gasteiger partial charge in [0.25, 0.3) is 0 Å². The van der Waals surface area contributed by atoms with Gasteiger partial charge in [0.05, 0.1) is 12.4 Å². The number of hydrogen-bond donors (Lipinski definition) is 1. The Balaban J connectivity index is 0.000000921. The molecule has 0 amide bonds. The zero-order chi connectivity index (χ0) is 11.7. The smallest absolute Gasteiger partial charge is 0.0938 e. The van der Waals surface area contributed by atoms with Crippen LogP contribution in [-0.4, -0.2) is 5.84 Å². The van der Waals surface area contributed by atoms with E-state index in [1.165, 1.54) is 11.1 Å². The fraction of sp³-hybridized carbons (Fsp3) is 0.462. The summed E-state index contributed by atoms with van der Waals surface area (Å²) in [6.45, 7) is 8.80. The molecule has 0 bridgehead atoms. The van der Waals surface area contributed by atoms with E-state index in [1.807, 2.05) is 32.9 Å². The first-order valence-electron chi connectivity index (χ1n) is 5.57. The summed E-state index contributed by atoms with van der Waals surface area (Å²) in [5.74, 6) is 0.725. The Hall–Kier alpha value is -1.31. The van der Waals surface area contributed by atoms with Gasteiger partial charge < -0.3 is 5.73 Å². The second kappa shape index (κ2) is 8.04. The van der Waals surface area contributed by atoms with Crippen LogP contribution in [0.4, 0.5) is 0 Å². The fourth-order valence-corrected chi connectivity index (χ4v) is 1.09. The topological polar surface area (TPSA) is 38.4 Å². The maximum absolute atomic E-state index is 5.62. The van der Waals surface area contributed by atoms with Crippen molar-refractivity contribution < 1.29 is 0 Å². The van der Waals surface area contributed by atoms with Crippen molar-refractivity contribution in [2.45, 2.75) is 40.7 Å². The molecule has 2 N–H and O–H groups in total. The minimum atomic E-state index is 0.701. The lowest BCUT2D eigenvalue weighted by Crippen LogP contribution is -2.09. The molecule has 0 aromatic heterocycles. The van der Waals surface area contributed by atoms with Crippen LogP contribution < -0.4 is 5.73 Å². The average molecular weight is 206 g/mol. The Kier molecular flexibility index (Phi) is 7.33. The Labute approximate surface area is 93.2 Å². The van der Waals surface area contributed by atoms with Crippen LogP contribution in [0.5, 0.6) is 0 Å². The molecule has 2 nitrogen and oxygen atoms in total. The molecule has 0 aliphatic heterocycles. The summed E-state index contributed by atoms with van der Waals surface area (Å²) < 4.78 is 0. The van der Waals surface area contributed by atoms with Crippen LogP contribution in [0.3, 0.4) is 0 Å². The zero-order valence-electron chi connectivity index (χ0n) is 10.2. The fourth-order valence-electron chi connectivity index (χ4n) is 1.09. The predicted octanol–water partition coefficient (Wildman–Crippen LogP) is 3.29. The molecule has 0 fully saturated rings. The number of nitrogens with zero attached hydrogens (tertiary/aromatic N) is 1. The molecule has 0 atom stereocenters. The number of nitrogens with two attached hydrogens (primary N) is 1. The lowest BCUT2D eigenvalue weighted by molar-refractivity contribution is 1.02. The van der Waals surface area contributed by atoms with E-state index in [1.54, 1.807) is 0 Å². The van der Waals surface area contributed by atoms with Crippen molar-refractivity contribution in [3.8, 4) is 0 Å². The van der Waals surface area contributed by atoms with Crippen molar-refractivity contribution >= 4 is 5.84 Å². The van der Waals surface area contributed by atoms with Gasteiger partial charge in [0.15, 0.2) is 0 Å². The molecular weight excluding hydrogens is 184 g/mol. The molecule has 0 spiro atoms. The molecule has 0 saturated heterocycles. The van der Waals surface area contributed by atoms with Crippen LogP contribution in [0.1, 0.15) is 38.3 Å². The molecule has 15 heavy (non-hydrogen) atoms. The van der Waals surface area contributed by atoms with Gasteiger partial charge in [-0.15, -0.1) is 0 Å². The second-order valence-corrected chi connectivity index (χ2v) is 3.09. The SMILES string of the molecule is CC.CCC(N)=NCc1ccccc1C.